The number of aromatic hydroxyl groups is 2. The Morgan fingerprint density at radius 2 is 1.76 bits per heavy atom. The number of aryl methyl sites for hydroxylation is 3. The van der Waals surface area contributed by atoms with Crippen LogP contribution in [0.5, 0.6) is 11.5 Å². The Morgan fingerprint density at radius 3 is 2.47 bits per heavy atom. The first kappa shape index (κ1) is 11.5. The summed E-state index contributed by atoms with van der Waals surface area (Å²) in [5, 5.41) is 18.9. The van der Waals surface area contributed by atoms with Crippen LogP contribution in [0.3, 0.4) is 0 Å². The van der Waals surface area contributed by atoms with Crippen molar-refractivity contribution in [3.63, 3.8) is 0 Å². The van der Waals surface area contributed by atoms with Crippen LogP contribution in [0.15, 0.2) is 42.5 Å². The van der Waals surface area contributed by atoms with Gasteiger partial charge in [-0.3, -0.25) is 0 Å². The summed E-state index contributed by atoms with van der Waals surface area (Å²) < 4.78 is 0. The molecule has 0 aromatic heterocycles. The van der Waals surface area contributed by atoms with E-state index in [-0.39, 0.29) is 11.5 Å². The van der Waals surface area contributed by atoms with Gasteiger partial charge in [-0.05, 0) is 37.0 Å². The molecule has 0 amide bonds. The van der Waals surface area contributed by atoms with E-state index in [9.17, 15) is 10.2 Å². The standard InChI is InChI=1S/C15H16O2/c1-11-3-2-4-12(9-11)5-6-13-7-8-14(16)10-15(13)17/h2-4,7-10,16-17H,5-6H2,1H3. The largest absolute Gasteiger partial charge is 0.508 e. The Bertz CT molecular complexity index is 518. The van der Waals surface area contributed by atoms with E-state index in [1.807, 2.05) is 6.07 Å². The van der Waals surface area contributed by atoms with Crippen LogP contribution in [0.4, 0.5) is 0 Å². The number of hydrogen-bond donors (Lipinski definition) is 2. The number of phenols is 2. The zero-order valence-electron chi connectivity index (χ0n) is 9.85. The number of phenolic OH excluding ortho intramolecular Hbond substituents is 2. The summed E-state index contributed by atoms with van der Waals surface area (Å²) in [5.74, 6) is 0.263. The Morgan fingerprint density at radius 1 is 0.941 bits per heavy atom. The normalized spacial score (nSPS) is 10.4. The predicted molar refractivity (Wildman–Crippen MR) is 68.4 cm³/mol. The average Bonchev–Trinajstić information content (AvgIpc) is 2.28. The summed E-state index contributed by atoms with van der Waals surface area (Å²) in [6.45, 7) is 2.07. The molecular formula is C15H16O2. The molecule has 17 heavy (non-hydrogen) atoms. The van der Waals surface area contributed by atoms with Crippen LogP contribution >= 0.6 is 0 Å². The summed E-state index contributed by atoms with van der Waals surface area (Å²) in [7, 11) is 0. The Kier molecular flexibility index (Phi) is 3.33. The van der Waals surface area contributed by atoms with E-state index in [2.05, 4.69) is 25.1 Å². The van der Waals surface area contributed by atoms with Gasteiger partial charge in [-0.25, -0.2) is 0 Å². The van der Waals surface area contributed by atoms with Gasteiger partial charge in [0.1, 0.15) is 11.5 Å². The van der Waals surface area contributed by atoms with Crippen molar-refractivity contribution in [3.8, 4) is 11.5 Å². The van der Waals surface area contributed by atoms with Crippen LogP contribution < -0.4 is 0 Å². The highest BCUT2D eigenvalue weighted by Crippen LogP contribution is 2.23. The molecule has 2 rings (SSSR count). The molecule has 0 atom stereocenters. The smallest absolute Gasteiger partial charge is 0.122 e. The predicted octanol–water partition coefficient (Wildman–Crippen LogP) is 3.19. The third-order valence-corrected chi connectivity index (χ3v) is 2.83. The second-order valence-electron chi connectivity index (χ2n) is 4.30. The van der Waals surface area contributed by atoms with E-state index in [1.165, 1.54) is 17.2 Å². The average molecular weight is 228 g/mol. The number of rotatable bonds is 3. The molecule has 2 aromatic carbocycles. The SMILES string of the molecule is Cc1cccc(CCc2ccc(O)cc2O)c1. The van der Waals surface area contributed by atoms with Gasteiger partial charge in [-0.2, -0.15) is 0 Å². The lowest BCUT2D eigenvalue weighted by Crippen LogP contribution is -1.92. The highest BCUT2D eigenvalue weighted by atomic mass is 16.3. The van der Waals surface area contributed by atoms with E-state index in [4.69, 9.17) is 0 Å². The van der Waals surface area contributed by atoms with Crippen molar-refractivity contribution < 1.29 is 10.2 Å². The third-order valence-electron chi connectivity index (χ3n) is 2.83. The highest BCUT2D eigenvalue weighted by Gasteiger charge is 2.03. The lowest BCUT2D eigenvalue weighted by molar-refractivity contribution is 0.446. The van der Waals surface area contributed by atoms with E-state index in [0.29, 0.717) is 0 Å². The minimum Gasteiger partial charge on any atom is -0.508 e. The van der Waals surface area contributed by atoms with Gasteiger partial charge in [0, 0.05) is 6.07 Å². The lowest BCUT2D eigenvalue weighted by atomic mass is 10.0. The van der Waals surface area contributed by atoms with Crippen molar-refractivity contribution in [2.45, 2.75) is 19.8 Å². The molecule has 0 aliphatic rings. The van der Waals surface area contributed by atoms with Crippen LogP contribution in [-0.4, -0.2) is 10.2 Å². The molecule has 0 heterocycles. The van der Waals surface area contributed by atoms with Crippen molar-refractivity contribution in [3.05, 3.63) is 59.2 Å². The molecule has 2 nitrogen and oxygen atoms in total. The molecule has 0 fully saturated rings. The zero-order valence-corrected chi connectivity index (χ0v) is 9.85. The monoisotopic (exact) mass is 228 g/mol. The molecule has 0 bridgehead atoms. The quantitative estimate of drug-likeness (QED) is 0.847. The molecule has 2 heteroatoms. The Labute approximate surface area is 101 Å². The molecule has 0 unspecified atom stereocenters. The van der Waals surface area contributed by atoms with Gasteiger partial charge >= 0.3 is 0 Å². The van der Waals surface area contributed by atoms with Gasteiger partial charge in [-0.1, -0.05) is 35.9 Å². The molecule has 0 spiro atoms. The van der Waals surface area contributed by atoms with E-state index < -0.39 is 0 Å². The zero-order chi connectivity index (χ0) is 12.3. The van der Waals surface area contributed by atoms with Crippen LogP contribution in [0.2, 0.25) is 0 Å². The van der Waals surface area contributed by atoms with Gasteiger partial charge < -0.3 is 10.2 Å². The van der Waals surface area contributed by atoms with E-state index in [0.717, 1.165) is 18.4 Å². The molecule has 0 saturated carbocycles. The first-order valence-electron chi connectivity index (χ1n) is 5.71. The molecule has 0 aliphatic heterocycles. The minimum absolute atomic E-state index is 0.0989. The van der Waals surface area contributed by atoms with Gasteiger partial charge in [0.2, 0.25) is 0 Å². The lowest BCUT2D eigenvalue weighted by Gasteiger charge is -2.06. The van der Waals surface area contributed by atoms with Crippen LogP contribution in [0.25, 0.3) is 0 Å². The van der Waals surface area contributed by atoms with Gasteiger partial charge in [-0.15, -0.1) is 0 Å². The van der Waals surface area contributed by atoms with Gasteiger partial charge in [0.15, 0.2) is 0 Å². The van der Waals surface area contributed by atoms with Crippen molar-refractivity contribution in [2.24, 2.45) is 0 Å². The van der Waals surface area contributed by atoms with E-state index >= 15 is 0 Å². The first-order chi connectivity index (χ1) is 8.15. The molecular weight excluding hydrogens is 212 g/mol. The second kappa shape index (κ2) is 4.91. The topological polar surface area (TPSA) is 40.5 Å². The van der Waals surface area contributed by atoms with Gasteiger partial charge in [0.25, 0.3) is 0 Å². The molecule has 0 saturated heterocycles. The first-order valence-corrected chi connectivity index (χ1v) is 5.71. The maximum atomic E-state index is 9.66. The summed E-state index contributed by atoms with van der Waals surface area (Å²) in [4.78, 5) is 0. The fourth-order valence-electron chi connectivity index (χ4n) is 1.91. The molecule has 88 valence electrons. The van der Waals surface area contributed by atoms with Crippen LogP contribution in [-0.2, 0) is 12.8 Å². The summed E-state index contributed by atoms with van der Waals surface area (Å²) in [6.07, 6.45) is 1.66. The maximum Gasteiger partial charge on any atom is 0.122 e. The highest BCUT2D eigenvalue weighted by molar-refractivity contribution is 5.39. The van der Waals surface area contributed by atoms with Gasteiger partial charge in [0.05, 0.1) is 0 Å². The van der Waals surface area contributed by atoms with Crippen LogP contribution in [0.1, 0.15) is 16.7 Å². The van der Waals surface area contributed by atoms with Crippen molar-refractivity contribution >= 4 is 0 Å². The molecule has 0 aliphatic carbocycles. The summed E-state index contributed by atoms with van der Waals surface area (Å²) >= 11 is 0. The van der Waals surface area contributed by atoms with Crippen molar-refractivity contribution in [1.29, 1.82) is 0 Å². The number of benzene rings is 2. The maximum absolute atomic E-state index is 9.66. The molecule has 0 radical (unpaired) electrons. The summed E-state index contributed by atoms with van der Waals surface area (Å²) in [6, 6.07) is 13.1. The van der Waals surface area contributed by atoms with Crippen LogP contribution in [0, 0.1) is 6.92 Å². The van der Waals surface area contributed by atoms with Crippen molar-refractivity contribution in [1.82, 2.24) is 0 Å². The van der Waals surface area contributed by atoms with Crippen molar-refractivity contribution in [2.75, 3.05) is 0 Å². The molecule has 2 aromatic rings. The Balaban J connectivity index is 2.07. The second-order valence-corrected chi connectivity index (χ2v) is 4.30. The fourth-order valence-corrected chi connectivity index (χ4v) is 1.91. The molecule has 2 N–H and O–H groups in total. The van der Waals surface area contributed by atoms with E-state index in [1.54, 1.807) is 12.1 Å². The fraction of sp³-hybridized carbons (Fsp3) is 0.200. The Hall–Kier alpha value is -1.96. The summed E-state index contributed by atoms with van der Waals surface area (Å²) in [5.41, 5.74) is 3.37. The minimum atomic E-state index is 0.0989. The third kappa shape index (κ3) is 3.00. The number of hydrogen-bond acceptors (Lipinski definition) is 2.